The lowest BCUT2D eigenvalue weighted by atomic mass is 10.1. The molecular formula is C7H15NO2S. The van der Waals surface area contributed by atoms with Crippen molar-refractivity contribution in [3.63, 3.8) is 0 Å². The van der Waals surface area contributed by atoms with Gasteiger partial charge in [-0.2, -0.15) is 12.6 Å². The summed E-state index contributed by atoms with van der Waals surface area (Å²) in [5, 5.41) is 8.13. The van der Waals surface area contributed by atoms with E-state index in [2.05, 4.69) is 12.6 Å². The smallest absolute Gasteiger partial charge is 0.243 e. The van der Waals surface area contributed by atoms with Gasteiger partial charge in [0.1, 0.15) is 0 Å². The molecule has 66 valence electrons. The van der Waals surface area contributed by atoms with Crippen LogP contribution in [0.25, 0.3) is 0 Å². The lowest BCUT2D eigenvalue weighted by Crippen LogP contribution is -2.17. The van der Waals surface area contributed by atoms with Gasteiger partial charge in [-0.15, -0.1) is 0 Å². The minimum absolute atomic E-state index is 0.295. The second-order valence-electron chi connectivity index (χ2n) is 2.42. The molecule has 3 nitrogen and oxygen atoms in total. The van der Waals surface area contributed by atoms with Crippen LogP contribution in [0.2, 0.25) is 0 Å². The van der Waals surface area contributed by atoms with Crippen molar-refractivity contribution in [2.45, 2.75) is 32.1 Å². The van der Waals surface area contributed by atoms with Crippen LogP contribution >= 0.6 is 12.6 Å². The van der Waals surface area contributed by atoms with Gasteiger partial charge in [-0.3, -0.25) is 10.0 Å². The van der Waals surface area contributed by atoms with E-state index in [-0.39, 0.29) is 5.91 Å². The third-order valence-electron chi connectivity index (χ3n) is 1.44. The van der Waals surface area contributed by atoms with Crippen LogP contribution in [0.4, 0.5) is 0 Å². The summed E-state index contributed by atoms with van der Waals surface area (Å²) in [6.07, 6.45) is 4.52. The Morgan fingerprint density at radius 1 is 1.27 bits per heavy atom. The van der Waals surface area contributed by atoms with Crippen LogP contribution in [0.1, 0.15) is 32.1 Å². The number of thiol groups is 1. The molecule has 0 saturated carbocycles. The molecular weight excluding hydrogens is 162 g/mol. The summed E-state index contributed by atoms with van der Waals surface area (Å²) < 4.78 is 0. The minimum atomic E-state index is -0.295. The molecule has 0 heterocycles. The molecule has 2 N–H and O–H groups in total. The van der Waals surface area contributed by atoms with Crippen molar-refractivity contribution in [2.24, 2.45) is 0 Å². The van der Waals surface area contributed by atoms with Gasteiger partial charge in [0.25, 0.3) is 0 Å². The Morgan fingerprint density at radius 3 is 2.45 bits per heavy atom. The minimum Gasteiger partial charge on any atom is -0.289 e. The number of hydrogen-bond acceptors (Lipinski definition) is 3. The van der Waals surface area contributed by atoms with Crippen LogP contribution in [-0.4, -0.2) is 16.9 Å². The Bertz CT molecular complexity index is 109. The van der Waals surface area contributed by atoms with E-state index in [1.807, 2.05) is 0 Å². The predicted octanol–water partition coefficient (Wildman–Crippen LogP) is 1.37. The van der Waals surface area contributed by atoms with Crippen LogP contribution in [0, 0.1) is 0 Å². The molecule has 0 atom stereocenters. The molecule has 0 aromatic rings. The summed E-state index contributed by atoms with van der Waals surface area (Å²) >= 11 is 4.06. The molecule has 0 aliphatic rings. The van der Waals surface area contributed by atoms with Gasteiger partial charge in [0, 0.05) is 6.42 Å². The van der Waals surface area contributed by atoms with Crippen molar-refractivity contribution in [2.75, 3.05) is 5.75 Å². The zero-order chi connectivity index (χ0) is 8.53. The highest BCUT2D eigenvalue weighted by Gasteiger charge is 1.96. The van der Waals surface area contributed by atoms with Crippen molar-refractivity contribution in [3.8, 4) is 0 Å². The third-order valence-corrected chi connectivity index (χ3v) is 1.75. The second-order valence-corrected chi connectivity index (χ2v) is 2.87. The summed E-state index contributed by atoms with van der Waals surface area (Å²) in [7, 11) is 0. The first kappa shape index (κ1) is 10.8. The van der Waals surface area contributed by atoms with Crippen molar-refractivity contribution in [1.82, 2.24) is 5.48 Å². The monoisotopic (exact) mass is 177 g/mol. The van der Waals surface area contributed by atoms with Crippen LogP contribution in [0.5, 0.6) is 0 Å². The van der Waals surface area contributed by atoms with E-state index >= 15 is 0 Å². The molecule has 0 spiro atoms. The van der Waals surface area contributed by atoms with Gasteiger partial charge in [-0.25, -0.2) is 5.48 Å². The first-order valence-corrected chi connectivity index (χ1v) is 4.48. The number of carbonyl (C=O) groups is 1. The van der Waals surface area contributed by atoms with E-state index < -0.39 is 0 Å². The average molecular weight is 177 g/mol. The Hall–Kier alpha value is -0.220. The molecule has 0 rings (SSSR count). The van der Waals surface area contributed by atoms with Crippen molar-refractivity contribution in [1.29, 1.82) is 0 Å². The van der Waals surface area contributed by atoms with Gasteiger partial charge in [0.15, 0.2) is 0 Å². The topological polar surface area (TPSA) is 49.3 Å². The van der Waals surface area contributed by atoms with Gasteiger partial charge in [0.2, 0.25) is 5.91 Å². The van der Waals surface area contributed by atoms with E-state index in [0.29, 0.717) is 6.42 Å². The van der Waals surface area contributed by atoms with Crippen LogP contribution in [0.3, 0.4) is 0 Å². The second kappa shape index (κ2) is 7.88. The van der Waals surface area contributed by atoms with Crippen LogP contribution < -0.4 is 5.48 Å². The highest BCUT2D eigenvalue weighted by Crippen LogP contribution is 2.03. The average Bonchev–Trinajstić information content (AvgIpc) is 2.04. The van der Waals surface area contributed by atoms with Gasteiger partial charge in [-0.1, -0.05) is 12.8 Å². The van der Waals surface area contributed by atoms with Gasteiger partial charge in [0.05, 0.1) is 0 Å². The van der Waals surface area contributed by atoms with Crippen molar-refractivity contribution >= 4 is 18.5 Å². The number of amides is 1. The Morgan fingerprint density at radius 2 is 1.91 bits per heavy atom. The van der Waals surface area contributed by atoms with Gasteiger partial charge < -0.3 is 0 Å². The number of nitrogens with one attached hydrogen (secondary N) is 1. The van der Waals surface area contributed by atoms with Gasteiger partial charge >= 0.3 is 0 Å². The molecule has 11 heavy (non-hydrogen) atoms. The molecule has 0 radical (unpaired) electrons. The molecule has 0 aliphatic carbocycles. The quantitative estimate of drug-likeness (QED) is 0.248. The zero-order valence-electron chi connectivity index (χ0n) is 6.55. The van der Waals surface area contributed by atoms with E-state index in [1.54, 1.807) is 5.48 Å². The largest absolute Gasteiger partial charge is 0.289 e. The fraction of sp³-hybridized carbons (Fsp3) is 0.857. The molecule has 0 unspecified atom stereocenters. The SMILES string of the molecule is O=C(CCCCCCS)NO. The Labute approximate surface area is 72.5 Å². The molecule has 0 saturated heterocycles. The first-order chi connectivity index (χ1) is 5.31. The molecule has 0 bridgehead atoms. The molecule has 0 fully saturated rings. The van der Waals surface area contributed by atoms with E-state index in [9.17, 15) is 4.79 Å². The van der Waals surface area contributed by atoms with Crippen LogP contribution in [0.15, 0.2) is 0 Å². The number of unbranched alkanes of at least 4 members (excludes halogenated alkanes) is 3. The summed E-state index contributed by atoms with van der Waals surface area (Å²) in [6, 6.07) is 0. The van der Waals surface area contributed by atoms with Gasteiger partial charge in [-0.05, 0) is 18.6 Å². The number of hydrogen-bond donors (Lipinski definition) is 3. The predicted molar refractivity (Wildman–Crippen MR) is 46.9 cm³/mol. The lowest BCUT2D eigenvalue weighted by Gasteiger charge is -1.97. The van der Waals surface area contributed by atoms with Crippen molar-refractivity contribution < 1.29 is 10.0 Å². The highest BCUT2D eigenvalue weighted by molar-refractivity contribution is 7.80. The van der Waals surface area contributed by atoms with E-state index in [4.69, 9.17) is 5.21 Å². The van der Waals surface area contributed by atoms with Crippen LogP contribution in [-0.2, 0) is 4.79 Å². The maximum Gasteiger partial charge on any atom is 0.243 e. The fourth-order valence-corrected chi connectivity index (χ4v) is 1.03. The fourth-order valence-electron chi connectivity index (χ4n) is 0.807. The summed E-state index contributed by atoms with van der Waals surface area (Å²) in [5.74, 6) is 0.613. The lowest BCUT2D eigenvalue weighted by molar-refractivity contribution is -0.129. The molecule has 0 aromatic heterocycles. The number of hydroxylamine groups is 1. The maximum absolute atomic E-state index is 10.5. The maximum atomic E-state index is 10.5. The third kappa shape index (κ3) is 7.68. The molecule has 0 aromatic carbocycles. The zero-order valence-corrected chi connectivity index (χ0v) is 7.44. The standard InChI is InChI=1S/C7H15NO2S/c9-7(8-10)5-3-1-2-4-6-11/h10-11H,1-6H2,(H,8,9). The number of carbonyl (C=O) groups excluding carboxylic acids is 1. The summed E-state index contributed by atoms with van der Waals surface area (Å²) in [6.45, 7) is 0. The summed E-state index contributed by atoms with van der Waals surface area (Å²) in [5.41, 5.74) is 1.60. The Balaban J connectivity index is 2.95. The summed E-state index contributed by atoms with van der Waals surface area (Å²) in [4.78, 5) is 10.5. The normalized spacial score (nSPS) is 9.64. The highest BCUT2D eigenvalue weighted by atomic mass is 32.1. The molecule has 0 aliphatic heterocycles. The number of rotatable bonds is 6. The molecule has 4 heteroatoms. The Kier molecular flexibility index (Phi) is 7.72. The molecule has 1 amide bonds. The van der Waals surface area contributed by atoms with Crippen molar-refractivity contribution in [3.05, 3.63) is 0 Å². The van der Waals surface area contributed by atoms with E-state index in [1.165, 1.54) is 0 Å². The first-order valence-electron chi connectivity index (χ1n) is 3.85. The van der Waals surface area contributed by atoms with E-state index in [0.717, 1.165) is 31.4 Å².